The second kappa shape index (κ2) is 4.45. The van der Waals surface area contributed by atoms with Crippen LogP contribution in [-0.2, 0) is 4.79 Å². The number of benzene rings is 2. The Morgan fingerprint density at radius 1 is 1.05 bits per heavy atom. The van der Waals surface area contributed by atoms with Crippen molar-refractivity contribution in [2.75, 3.05) is 11.4 Å². The van der Waals surface area contributed by atoms with Crippen LogP contribution >= 0.6 is 0 Å². The number of nitrogens with zero attached hydrogens (tertiary/aromatic N) is 1. The Labute approximate surface area is 115 Å². The van der Waals surface area contributed by atoms with Gasteiger partial charge in [-0.3, -0.25) is 4.79 Å². The van der Waals surface area contributed by atoms with Crippen LogP contribution in [0.4, 0.5) is 11.4 Å². The molecule has 0 radical (unpaired) electrons. The molecule has 2 aromatic rings. The Kier molecular flexibility index (Phi) is 2.75. The summed E-state index contributed by atoms with van der Waals surface area (Å²) in [6, 6.07) is 9.44. The van der Waals surface area contributed by atoms with Crippen molar-refractivity contribution in [3.63, 3.8) is 0 Å². The van der Waals surface area contributed by atoms with E-state index < -0.39 is 0 Å². The second-order valence-corrected chi connectivity index (χ2v) is 4.69. The van der Waals surface area contributed by atoms with Gasteiger partial charge in [0, 0.05) is 12.1 Å². The first-order valence-electron chi connectivity index (χ1n) is 6.15. The van der Waals surface area contributed by atoms with Crippen LogP contribution in [0, 0.1) is 0 Å². The number of ether oxygens (including phenoxy) is 1. The number of aromatic hydroxyl groups is 2. The SMILES string of the molecule is CC(=O)CN1c2ccc(O)cc2Oc2cc(O)ccc21. The number of hydrogen-bond donors (Lipinski definition) is 2. The first-order valence-corrected chi connectivity index (χ1v) is 6.15. The number of hydrogen-bond acceptors (Lipinski definition) is 5. The van der Waals surface area contributed by atoms with Crippen LogP contribution in [0.2, 0.25) is 0 Å². The van der Waals surface area contributed by atoms with Gasteiger partial charge in [0.1, 0.15) is 17.3 Å². The van der Waals surface area contributed by atoms with Crippen LogP contribution in [0.5, 0.6) is 23.0 Å². The fourth-order valence-corrected chi connectivity index (χ4v) is 2.26. The summed E-state index contributed by atoms with van der Waals surface area (Å²) in [5.41, 5.74) is 1.41. The molecule has 0 atom stereocenters. The first-order chi connectivity index (χ1) is 9.54. The number of fused-ring (bicyclic) bond motifs is 2. The van der Waals surface area contributed by atoms with Gasteiger partial charge in [0.15, 0.2) is 11.5 Å². The summed E-state index contributed by atoms with van der Waals surface area (Å²) in [5.74, 6) is 1.06. The molecule has 0 saturated carbocycles. The average molecular weight is 271 g/mol. The van der Waals surface area contributed by atoms with Gasteiger partial charge in [-0.1, -0.05) is 0 Å². The quantitative estimate of drug-likeness (QED) is 0.878. The van der Waals surface area contributed by atoms with Crippen molar-refractivity contribution in [2.24, 2.45) is 0 Å². The minimum Gasteiger partial charge on any atom is -0.508 e. The highest BCUT2D eigenvalue weighted by Crippen LogP contribution is 2.48. The summed E-state index contributed by atoms with van der Waals surface area (Å²) < 4.78 is 5.68. The van der Waals surface area contributed by atoms with Crippen molar-refractivity contribution in [1.82, 2.24) is 0 Å². The molecule has 1 aliphatic rings. The zero-order chi connectivity index (χ0) is 14.3. The number of ketones is 1. The van der Waals surface area contributed by atoms with E-state index in [0.29, 0.717) is 22.9 Å². The van der Waals surface area contributed by atoms with Crippen molar-refractivity contribution in [2.45, 2.75) is 6.92 Å². The lowest BCUT2D eigenvalue weighted by molar-refractivity contribution is -0.115. The van der Waals surface area contributed by atoms with Gasteiger partial charge in [0.2, 0.25) is 0 Å². The summed E-state index contributed by atoms with van der Waals surface area (Å²) in [4.78, 5) is 13.3. The number of carbonyl (C=O) groups is 1. The lowest BCUT2D eigenvalue weighted by atomic mass is 10.1. The topological polar surface area (TPSA) is 70.0 Å². The average Bonchev–Trinajstić information content (AvgIpc) is 2.37. The molecule has 0 amide bonds. The van der Waals surface area contributed by atoms with Crippen LogP contribution in [0.25, 0.3) is 0 Å². The van der Waals surface area contributed by atoms with Crippen LogP contribution < -0.4 is 9.64 Å². The number of anilines is 2. The smallest absolute Gasteiger partial charge is 0.154 e. The molecule has 0 aromatic heterocycles. The molecule has 0 unspecified atom stereocenters. The van der Waals surface area contributed by atoms with E-state index in [1.54, 1.807) is 29.2 Å². The van der Waals surface area contributed by atoms with Crippen molar-refractivity contribution in [3.05, 3.63) is 36.4 Å². The molecular formula is C15H13NO4. The summed E-state index contributed by atoms with van der Waals surface area (Å²) >= 11 is 0. The van der Waals surface area contributed by atoms with Crippen LogP contribution in [0.15, 0.2) is 36.4 Å². The maximum atomic E-state index is 11.5. The van der Waals surface area contributed by atoms with E-state index in [1.807, 2.05) is 0 Å². The van der Waals surface area contributed by atoms with E-state index in [9.17, 15) is 15.0 Å². The highest BCUT2D eigenvalue weighted by Gasteiger charge is 2.25. The molecule has 3 rings (SSSR count). The lowest BCUT2D eigenvalue weighted by Crippen LogP contribution is -2.26. The predicted octanol–water partition coefficient (Wildman–Crippen LogP) is 2.93. The molecule has 0 fully saturated rings. The normalized spacial score (nSPS) is 12.3. The highest BCUT2D eigenvalue weighted by molar-refractivity contribution is 5.88. The third-order valence-electron chi connectivity index (χ3n) is 3.07. The molecule has 0 aliphatic carbocycles. The maximum Gasteiger partial charge on any atom is 0.154 e. The van der Waals surface area contributed by atoms with Crippen LogP contribution in [0.3, 0.4) is 0 Å². The molecule has 1 heterocycles. The van der Waals surface area contributed by atoms with Gasteiger partial charge >= 0.3 is 0 Å². The first kappa shape index (κ1) is 12.3. The molecule has 0 bridgehead atoms. The van der Waals surface area contributed by atoms with E-state index in [0.717, 1.165) is 0 Å². The third-order valence-corrected chi connectivity index (χ3v) is 3.07. The molecule has 0 spiro atoms. The van der Waals surface area contributed by atoms with Gasteiger partial charge in [-0.25, -0.2) is 0 Å². The van der Waals surface area contributed by atoms with Crippen molar-refractivity contribution in [1.29, 1.82) is 0 Å². The minimum atomic E-state index is 0.00458. The van der Waals surface area contributed by atoms with Gasteiger partial charge in [-0.15, -0.1) is 0 Å². The molecule has 5 heteroatoms. The molecule has 0 saturated heterocycles. The molecule has 1 aliphatic heterocycles. The molecule has 102 valence electrons. The Hall–Kier alpha value is -2.69. The van der Waals surface area contributed by atoms with Gasteiger partial charge in [-0.2, -0.15) is 0 Å². The fraction of sp³-hybridized carbons (Fsp3) is 0.133. The monoisotopic (exact) mass is 271 g/mol. The van der Waals surface area contributed by atoms with E-state index in [4.69, 9.17) is 4.74 Å². The molecule has 2 N–H and O–H groups in total. The maximum absolute atomic E-state index is 11.5. The Bertz CT molecular complexity index is 645. The van der Waals surface area contributed by atoms with E-state index in [2.05, 4.69) is 0 Å². The van der Waals surface area contributed by atoms with Gasteiger partial charge < -0.3 is 19.8 Å². The van der Waals surface area contributed by atoms with Crippen molar-refractivity contribution in [3.8, 4) is 23.0 Å². The van der Waals surface area contributed by atoms with Gasteiger partial charge in [0.05, 0.1) is 17.9 Å². The van der Waals surface area contributed by atoms with E-state index >= 15 is 0 Å². The highest BCUT2D eigenvalue weighted by atomic mass is 16.5. The zero-order valence-corrected chi connectivity index (χ0v) is 10.8. The van der Waals surface area contributed by atoms with Gasteiger partial charge in [-0.05, 0) is 31.2 Å². The summed E-state index contributed by atoms with van der Waals surface area (Å²) in [6.45, 7) is 1.70. The van der Waals surface area contributed by atoms with E-state index in [-0.39, 0.29) is 23.8 Å². The van der Waals surface area contributed by atoms with Crippen molar-refractivity contribution < 1.29 is 19.7 Å². The van der Waals surface area contributed by atoms with Crippen LogP contribution in [0.1, 0.15) is 6.92 Å². The molecule has 20 heavy (non-hydrogen) atoms. The standard InChI is InChI=1S/C15H13NO4/c1-9(17)8-16-12-4-2-10(18)6-14(12)20-15-7-11(19)3-5-13(15)16/h2-7,18-19H,8H2,1H3. The number of Topliss-reactive ketones (excluding diaryl/α,β-unsaturated/α-hetero) is 1. The van der Waals surface area contributed by atoms with Crippen molar-refractivity contribution >= 4 is 17.2 Å². The number of phenolic OH excluding ortho intramolecular Hbond substituents is 2. The zero-order valence-electron chi connectivity index (χ0n) is 10.8. The number of phenols is 2. The molecular weight excluding hydrogens is 258 g/mol. The number of rotatable bonds is 2. The van der Waals surface area contributed by atoms with E-state index in [1.165, 1.54) is 19.1 Å². The number of carbonyl (C=O) groups excluding carboxylic acids is 1. The Morgan fingerprint density at radius 2 is 1.55 bits per heavy atom. The molecule has 2 aromatic carbocycles. The predicted molar refractivity (Wildman–Crippen MR) is 74.0 cm³/mol. The lowest BCUT2D eigenvalue weighted by Gasteiger charge is -2.32. The Balaban J connectivity index is 2.16. The molecule has 5 nitrogen and oxygen atoms in total. The van der Waals surface area contributed by atoms with Crippen LogP contribution in [-0.4, -0.2) is 22.5 Å². The third kappa shape index (κ3) is 2.03. The fourth-order valence-electron chi connectivity index (χ4n) is 2.26. The largest absolute Gasteiger partial charge is 0.508 e. The summed E-state index contributed by atoms with van der Waals surface area (Å²) in [6.07, 6.45) is 0. The minimum absolute atomic E-state index is 0.00458. The summed E-state index contributed by atoms with van der Waals surface area (Å²) in [5, 5.41) is 19.1. The Morgan fingerprint density at radius 3 is 2.00 bits per heavy atom. The van der Waals surface area contributed by atoms with Gasteiger partial charge in [0.25, 0.3) is 0 Å². The second-order valence-electron chi connectivity index (χ2n) is 4.69. The summed E-state index contributed by atoms with van der Waals surface area (Å²) in [7, 11) is 0.